The van der Waals surface area contributed by atoms with Gasteiger partial charge in [-0.05, 0) is 37.6 Å². The fourth-order valence-electron chi connectivity index (χ4n) is 3.43. The molecule has 3 aliphatic rings. The molecule has 2 bridgehead atoms. The van der Waals surface area contributed by atoms with E-state index in [1.807, 2.05) is 0 Å². The highest BCUT2D eigenvalue weighted by Crippen LogP contribution is 2.53. The predicted octanol–water partition coefficient (Wildman–Crippen LogP) is 4.25. The molecule has 3 heterocycles. The lowest BCUT2D eigenvalue weighted by atomic mass is 10.2. The summed E-state index contributed by atoms with van der Waals surface area (Å²) in [4.78, 5) is 6.52. The third-order valence-electron chi connectivity index (χ3n) is 4.25. The first-order chi connectivity index (χ1) is 9.33. The second-order valence-corrected chi connectivity index (χ2v) is 9.68. The maximum absolute atomic E-state index is 2.48. The summed E-state index contributed by atoms with van der Waals surface area (Å²) in [6, 6.07) is 18.4. The maximum Gasteiger partial charge on any atom is 0.216 e. The summed E-state index contributed by atoms with van der Waals surface area (Å²) in [7, 11) is 0.600. The van der Waals surface area contributed by atoms with Crippen molar-refractivity contribution in [3.05, 3.63) is 48.5 Å². The topological polar surface area (TPSA) is 0 Å². The minimum absolute atomic E-state index is 0.297. The molecule has 0 unspecified atom stereocenters. The molecule has 0 fully saturated rings. The summed E-state index contributed by atoms with van der Waals surface area (Å²) < 4.78 is 0. The highest BCUT2D eigenvalue weighted by atomic mass is 32.2. The van der Waals surface area contributed by atoms with Crippen LogP contribution in [0.2, 0.25) is 0 Å². The summed E-state index contributed by atoms with van der Waals surface area (Å²) >= 11 is 0. The summed E-state index contributed by atoms with van der Waals surface area (Å²) in [5, 5.41) is 1.64. The molecule has 0 aromatic heterocycles. The van der Waals surface area contributed by atoms with Crippen LogP contribution in [0.5, 0.6) is 0 Å². The lowest BCUT2D eigenvalue weighted by molar-refractivity contribution is 0.762. The van der Waals surface area contributed by atoms with Gasteiger partial charge in [0, 0.05) is 0 Å². The summed E-state index contributed by atoms with van der Waals surface area (Å²) in [5.41, 5.74) is 0. The smallest absolute Gasteiger partial charge is 0.0604 e. The highest BCUT2D eigenvalue weighted by Gasteiger charge is 2.62. The monoisotopic (exact) mass is 286 g/mol. The van der Waals surface area contributed by atoms with Crippen molar-refractivity contribution >= 4 is 21.8 Å². The van der Waals surface area contributed by atoms with E-state index >= 15 is 0 Å². The van der Waals surface area contributed by atoms with E-state index in [0.717, 1.165) is 10.5 Å². The van der Waals surface area contributed by atoms with Gasteiger partial charge < -0.3 is 0 Å². The minimum atomic E-state index is 0.297. The van der Waals surface area contributed by atoms with E-state index in [9.17, 15) is 0 Å². The molecule has 5 rings (SSSR count). The molecule has 2 heteroatoms. The van der Waals surface area contributed by atoms with E-state index in [1.54, 1.807) is 19.6 Å². The van der Waals surface area contributed by atoms with Crippen LogP contribution < -0.4 is 0 Å². The normalized spacial score (nSPS) is 30.8. The molecule has 19 heavy (non-hydrogen) atoms. The van der Waals surface area contributed by atoms with Crippen molar-refractivity contribution in [1.29, 1.82) is 0 Å². The number of hydrogen-bond donors (Lipinski definition) is 0. The second kappa shape index (κ2) is 4.32. The maximum atomic E-state index is 2.48. The zero-order valence-corrected chi connectivity index (χ0v) is 12.9. The first kappa shape index (κ1) is 11.9. The molecular weight excluding hydrogens is 268 g/mol. The Balaban J connectivity index is 2.03. The lowest BCUT2D eigenvalue weighted by Crippen LogP contribution is -2.47. The van der Waals surface area contributed by atoms with Crippen LogP contribution in [0.25, 0.3) is 0 Å². The van der Waals surface area contributed by atoms with Crippen LogP contribution in [0.15, 0.2) is 68.1 Å². The van der Waals surface area contributed by atoms with Gasteiger partial charge in [0.15, 0.2) is 10.5 Å². The fraction of sp³-hybridized carbons (Fsp3) is 0.294. The Bertz CT molecular complexity index is 587. The number of hydrogen-bond acceptors (Lipinski definition) is 0. The molecule has 0 aliphatic carbocycles. The van der Waals surface area contributed by atoms with Crippen molar-refractivity contribution in [3.63, 3.8) is 0 Å². The molecular formula is C17H18S2+2. The van der Waals surface area contributed by atoms with Gasteiger partial charge in [-0.3, -0.25) is 0 Å². The Morgan fingerprint density at radius 3 is 1.63 bits per heavy atom. The van der Waals surface area contributed by atoms with Gasteiger partial charge in [-0.15, -0.1) is 0 Å². The Morgan fingerprint density at radius 2 is 1.21 bits per heavy atom. The van der Waals surface area contributed by atoms with Gasteiger partial charge in [0.2, 0.25) is 19.6 Å². The molecule has 2 atom stereocenters. The van der Waals surface area contributed by atoms with Gasteiger partial charge >= 0.3 is 0 Å². The third-order valence-corrected chi connectivity index (χ3v) is 10.4. The first-order valence-corrected chi connectivity index (χ1v) is 9.54. The Hall–Kier alpha value is -0.860. The van der Waals surface area contributed by atoms with Crippen LogP contribution in [0.1, 0.15) is 20.3 Å². The Labute approximate surface area is 120 Å². The van der Waals surface area contributed by atoms with E-state index in [4.69, 9.17) is 0 Å². The molecule has 0 nitrogen and oxygen atoms in total. The second-order valence-electron chi connectivity index (χ2n) is 5.22. The molecule has 96 valence electrons. The van der Waals surface area contributed by atoms with Gasteiger partial charge in [0.05, 0.1) is 21.8 Å². The first-order valence-electron chi connectivity index (χ1n) is 6.97. The fourth-order valence-corrected chi connectivity index (χ4v) is 10.4. The van der Waals surface area contributed by atoms with Crippen molar-refractivity contribution in [2.45, 2.75) is 50.4 Å². The van der Waals surface area contributed by atoms with Crippen molar-refractivity contribution in [3.8, 4) is 0 Å². The lowest BCUT2D eigenvalue weighted by Gasteiger charge is -2.33. The van der Waals surface area contributed by atoms with Crippen LogP contribution in [-0.4, -0.2) is 10.5 Å². The molecule has 2 aromatic rings. The molecule has 0 N–H and O–H groups in total. The van der Waals surface area contributed by atoms with E-state index in [-0.39, 0.29) is 0 Å². The van der Waals surface area contributed by atoms with Crippen LogP contribution in [0.4, 0.5) is 0 Å². The largest absolute Gasteiger partial charge is 0.216 e. The van der Waals surface area contributed by atoms with Crippen molar-refractivity contribution in [1.82, 2.24) is 0 Å². The highest BCUT2D eigenvalue weighted by molar-refractivity contribution is 8.06. The summed E-state index contributed by atoms with van der Waals surface area (Å²) in [6.45, 7) is 4.84. The van der Waals surface area contributed by atoms with E-state index in [1.165, 1.54) is 6.42 Å². The Kier molecular flexibility index (Phi) is 2.71. The molecule has 0 spiro atoms. The van der Waals surface area contributed by atoms with Crippen LogP contribution in [0, 0.1) is 0 Å². The Morgan fingerprint density at radius 1 is 0.789 bits per heavy atom. The molecule has 2 aromatic carbocycles. The summed E-state index contributed by atoms with van der Waals surface area (Å²) in [6.07, 6.45) is 1.30. The van der Waals surface area contributed by atoms with Gasteiger partial charge in [0.1, 0.15) is 0 Å². The predicted molar refractivity (Wildman–Crippen MR) is 84.2 cm³/mol. The minimum Gasteiger partial charge on any atom is -0.0604 e. The van der Waals surface area contributed by atoms with E-state index in [2.05, 4.69) is 62.4 Å². The number of benzene rings is 2. The van der Waals surface area contributed by atoms with Crippen molar-refractivity contribution in [2.75, 3.05) is 0 Å². The van der Waals surface area contributed by atoms with E-state index < -0.39 is 0 Å². The zero-order chi connectivity index (χ0) is 13.0. The van der Waals surface area contributed by atoms with Gasteiger partial charge in [-0.25, -0.2) is 0 Å². The molecule has 0 saturated carbocycles. The van der Waals surface area contributed by atoms with Crippen LogP contribution in [-0.2, 0) is 21.8 Å². The van der Waals surface area contributed by atoms with Crippen molar-refractivity contribution in [2.24, 2.45) is 0 Å². The molecule has 0 saturated heterocycles. The average molecular weight is 286 g/mol. The standard InChI is InChI=1S/C17H18S2/c1-3-13-12(2)18-14-8-4-6-10-16(14)19(13)17-11-7-5-9-15(17)18/h4-13H,3H2,1-2H3/q+2/t12-,13-,18?,19?/m0/s1. The average Bonchev–Trinajstić information content (AvgIpc) is 2.47. The quantitative estimate of drug-likeness (QED) is 0.687. The molecule has 3 aliphatic heterocycles. The zero-order valence-electron chi connectivity index (χ0n) is 11.3. The molecule has 0 amide bonds. The summed E-state index contributed by atoms with van der Waals surface area (Å²) in [5.74, 6) is 0. The third kappa shape index (κ3) is 1.50. The number of fused-ring (bicyclic) bond motifs is 1. The van der Waals surface area contributed by atoms with E-state index in [0.29, 0.717) is 21.8 Å². The van der Waals surface area contributed by atoms with Gasteiger partial charge in [-0.1, -0.05) is 31.2 Å². The SMILES string of the molecule is CC[C@H]1[C@H](C)[S+]2c3ccccc3[S+]1c1ccccc12. The number of rotatable bonds is 1. The van der Waals surface area contributed by atoms with Gasteiger partial charge in [0.25, 0.3) is 0 Å². The van der Waals surface area contributed by atoms with Gasteiger partial charge in [-0.2, -0.15) is 0 Å². The van der Waals surface area contributed by atoms with Crippen LogP contribution >= 0.6 is 0 Å². The van der Waals surface area contributed by atoms with Crippen molar-refractivity contribution < 1.29 is 0 Å². The molecule has 0 radical (unpaired) electrons. The van der Waals surface area contributed by atoms with Crippen LogP contribution in [0.3, 0.4) is 0 Å².